The molecule has 0 unspecified atom stereocenters. The molecular formula is C19H19FN2O4. The van der Waals surface area contributed by atoms with Gasteiger partial charge in [0.15, 0.2) is 6.10 Å². The standard InChI is InChI=1S/C19H19FN2O4/c1-12-6-8-16(9-7-12)22-18(24)13(2)26-17(23)11-21-19(25)14-4-3-5-15(20)10-14/h3-10,13H,11H2,1-2H3,(H,21,25)(H,22,24)/t13-/m1/s1. The van der Waals surface area contributed by atoms with Crippen molar-refractivity contribution >= 4 is 23.5 Å². The molecule has 2 aromatic rings. The minimum Gasteiger partial charge on any atom is -0.451 e. The number of carbonyl (C=O) groups is 3. The van der Waals surface area contributed by atoms with Crippen LogP contribution in [0.1, 0.15) is 22.8 Å². The third-order valence-electron chi connectivity index (χ3n) is 3.48. The molecule has 0 radical (unpaired) electrons. The normalized spacial score (nSPS) is 11.3. The van der Waals surface area contributed by atoms with Crippen LogP contribution in [0.3, 0.4) is 0 Å². The van der Waals surface area contributed by atoms with Gasteiger partial charge in [-0.2, -0.15) is 0 Å². The Hall–Kier alpha value is -3.22. The SMILES string of the molecule is Cc1ccc(NC(=O)[C@@H](C)OC(=O)CNC(=O)c2cccc(F)c2)cc1. The highest BCUT2D eigenvalue weighted by Gasteiger charge is 2.18. The van der Waals surface area contributed by atoms with Crippen LogP contribution in [0.25, 0.3) is 0 Å². The van der Waals surface area contributed by atoms with Crippen LogP contribution < -0.4 is 10.6 Å². The molecule has 0 aliphatic rings. The number of esters is 1. The number of ether oxygens (including phenoxy) is 1. The molecule has 7 heteroatoms. The second-order valence-corrected chi connectivity index (χ2v) is 5.68. The fraction of sp³-hybridized carbons (Fsp3) is 0.211. The van der Waals surface area contributed by atoms with Crippen LogP contribution in [0.5, 0.6) is 0 Å². The predicted octanol–water partition coefficient (Wildman–Crippen LogP) is 2.43. The number of hydrogen-bond acceptors (Lipinski definition) is 4. The molecule has 2 amide bonds. The maximum absolute atomic E-state index is 13.1. The topological polar surface area (TPSA) is 84.5 Å². The smallest absolute Gasteiger partial charge is 0.326 e. The molecular weight excluding hydrogens is 339 g/mol. The first-order valence-electron chi connectivity index (χ1n) is 7.96. The highest BCUT2D eigenvalue weighted by molar-refractivity contribution is 5.97. The van der Waals surface area contributed by atoms with Crippen LogP contribution in [0, 0.1) is 12.7 Å². The maximum Gasteiger partial charge on any atom is 0.326 e. The first-order chi connectivity index (χ1) is 12.3. The molecule has 1 atom stereocenters. The summed E-state index contributed by atoms with van der Waals surface area (Å²) in [6.07, 6.45) is -1.03. The lowest BCUT2D eigenvalue weighted by Crippen LogP contribution is -2.35. The van der Waals surface area contributed by atoms with E-state index in [1.807, 2.05) is 19.1 Å². The van der Waals surface area contributed by atoms with Gasteiger partial charge in [-0.15, -0.1) is 0 Å². The number of benzene rings is 2. The van der Waals surface area contributed by atoms with Crippen LogP contribution in [0.2, 0.25) is 0 Å². The largest absolute Gasteiger partial charge is 0.451 e. The van der Waals surface area contributed by atoms with Gasteiger partial charge in [-0.25, -0.2) is 4.39 Å². The molecule has 0 aliphatic heterocycles. The summed E-state index contributed by atoms with van der Waals surface area (Å²) in [5.74, 6) is -2.43. The lowest BCUT2D eigenvalue weighted by atomic mass is 10.2. The van der Waals surface area contributed by atoms with E-state index in [2.05, 4.69) is 10.6 Å². The quantitative estimate of drug-likeness (QED) is 0.777. The Kier molecular flexibility index (Phi) is 6.43. The zero-order chi connectivity index (χ0) is 19.1. The van der Waals surface area contributed by atoms with Gasteiger partial charge in [0, 0.05) is 11.3 Å². The zero-order valence-electron chi connectivity index (χ0n) is 14.4. The first-order valence-corrected chi connectivity index (χ1v) is 7.96. The van der Waals surface area contributed by atoms with E-state index in [4.69, 9.17) is 4.74 Å². The third-order valence-corrected chi connectivity index (χ3v) is 3.48. The molecule has 0 aromatic heterocycles. The van der Waals surface area contributed by atoms with Crippen molar-refractivity contribution in [3.63, 3.8) is 0 Å². The highest BCUT2D eigenvalue weighted by Crippen LogP contribution is 2.09. The molecule has 0 fully saturated rings. The Balaban J connectivity index is 1.80. The summed E-state index contributed by atoms with van der Waals surface area (Å²) in [5.41, 5.74) is 1.72. The van der Waals surface area contributed by atoms with Gasteiger partial charge in [-0.3, -0.25) is 14.4 Å². The summed E-state index contributed by atoms with van der Waals surface area (Å²) >= 11 is 0. The van der Waals surface area contributed by atoms with Crippen LogP contribution in [-0.2, 0) is 14.3 Å². The Morgan fingerprint density at radius 3 is 2.46 bits per heavy atom. The Morgan fingerprint density at radius 1 is 1.12 bits per heavy atom. The molecule has 2 aromatic carbocycles. The number of carbonyl (C=O) groups excluding carboxylic acids is 3. The van der Waals surface area contributed by atoms with Crippen molar-refractivity contribution in [2.24, 2.45) is 0 Å². The maximum atomic E-state index is 13.1. The lowest BCUT2D eigenvalue weighted by Gasteiger charge is -2.14. The molecule has 0 bridgehead atoms. The Morgan fingerprint density at radius 2 is 1.81 bits per heavy atom. The van der Waals surface area contributed by atoms with Crippen molar-refractivity contribution in [1.29, 1.82) is 0 Å². The number of aryl methyl sites for hydroxylation is 1. The summed E-state index contributed by atoms with van der Waals surface area (Å²) in [5, 5.41) is 4.94. The summed E-state index contributed by atoms with van der Waals surface area (Å²) in [4.78, 5) is 35.6. The van der Waals surface area contributed by atoms with Crippen molar-refractivity contribution in [2.45, 2.75) is 20.0 Å². The van der Waals surface area contributed by atoms with Crippen LogP contribution in [0.4, 0.5) is 10.1 Å². The van der Waals surface area contributed by atoms with Gasteiger partial charge in [0.1, 0.15) is 12.4 Å². The number of rotatable bonds is 6. The van der Waals surface area contributed by atoms with E-state index >= 15 is 0 Å². The van der Waals surface area contributed by atoms with Crippen molar-refractivity contribution in [3.05, 3.63) is 65.5 Å². The molecule has 0 spiro atoms. The number of anilines is 1. The van der Waals surface area contributed by atoms with Crippen LogP contribution in [-0.4, -0.2) is 30.4 Å². The van der Waals surface area contributed by atoms with E-state index in [0.29, 0.717) is 5.69 Å². The van der Waals surface area contributed by atoms with Crippen LogP contribution >= 0.6 is 0 Å². The highest BCUT2D eigenvalue weighted by atomic mass is 19.1. The third kappa shape index (κ3) is 5.70. The molecule has 0 saturated heterocycles. The number of nitrogens with one attached hydrogen (secondary N) is 2. The fourth-order valence-corrected chi connectivity index (χ4v) is 2.06. The molecule has 26 heavy (non-hydrogen) atoms. The molecule has 0 saturated carbocycles. The minimum absolute atomic E-state index is 0.0861. The van der Waals surface area contributed by atoms with Gasteiger partial charge in [0.25, 0.3) is 11.8 Å². The van der Waals surface area contributed by atoms with Crippen molar-refractivity contribution in [1.82, 2.24) is 5.32 Å². The van der Waals surface area contributed by atoms with Crippen molar-refractivity contribution < 1.29 is 23.5 Å². The van der Waals surface area contributed by atoms with E-state index < -0.39 is 36.2 Å². The van der Waals surface area contributed by atoms with E-state index in [-0.39, 0.29) is 5.56 Å². The number of amides is 2. The van der Waals surface area contributed by atoms with Gasteiger partial charge in [0.2, 0.25) is 0 Å². The first kappa shape index (κ1) is 19.1. The fourth-order valence-electron chi connectivity index (χ4n) is 2.06. The van der Waals surface area contributed by atoms with E-state index in [1.54, 1.807) is 12.1 Å². The average molecular weight is 358 g/mol. The summed E-state index contributed by atoms with van der Waals surface area (Å²) in [6.45, 7) is 2.92. The molecule has 6 nitrogen and oxygen atoms in total. The van der Waals surface area contributed by atoms with E-state index in [1.165, 1.54) is 25.1 Å². The predicted molar refractivity (Wildman–Crippen MR) is 94.1 cm³/mol. The van der Waals surface area contributed by atoms with Crippen molar-refractivity contribution in [2.75, 3.05) is 11.9 Å². The molecule has 0 aliphatic carbocycles. The van der Waals surface area contributed by atoms with Gasteiger partial charge in [0.05, 0.1) is 0 Å². The molecule has 2 rings (SSSR count). The van der Waals surface area contributed by atoms with Crippen molar-refractivity contribution in [3.8, 4) is 0 Å². The summed E-state index contributed by atoms with van der Waals surface area (Å²) in [7, 11) is 0. The van der Waals surface area contributed by atoms with Gasteiger partial charge in [-0.1, -0.05) is 23.8 Å². The van der Waals surface area contributed by atoms with Gasteiger partial charge in [-0.05, 0) is 44.2 Å². The minimum atomic E-state index is -1.03. The summed E-state index contributed by atoms with van der Waals surface area (Å²) < 4.78 is 18.1. The summed E-state index contributed by atoms with van der Waals surface area (Å²) in [6, 6.07) is 12.2. The second-order valence-electron chi connectivity index (χ2n) is 5.68. The molecule has 136 valence electrons. The average Bonchev–Trinajstić information content (AvgIpc) is 2.61. The number of hydrogen-bond donors (Lipinski definition) is 2. The zero-order valence-corrected chi connectivity index (χ0v) is 14.4. The Bertz CT molecular complexity index is 805. The molecule has 2 N–H and O–H groups in total. The van der Waals surface area contributed by atoms with Gasteiger partial charge < -0.3 is 15.4 Å². The Labute approximate surface area is 150 Å². The van der Waals surface area contributed by atoms with Crippen LogP contribution in [0.15, 0.2) is 48.5 Å². The monoisotopic (exact) mass is 358 g/mol. The van der Waals surface area contributed by atoms with E-state index in [9.17, 15) is 18.8 Å². The second kappa shape index (κ2) is 8.75. The number of halogens is 1. The van der Waals surface area contributed by atoms with E-state index in [0.717, 1.165) is 11.6 Å². The van der Waals surface area contributed by atoms with Gasteiger partial charge >= 0.3 is 5.97 Å². The molecule has 0 heterocycles. The lowest BCUT2D eigenvalue weighted by molar-refractivity contribution is -0.152.